The number of nitrogens with zero attached hydrogens (tertiary/aromatic N) is 3. The van der Waals surface area contributed by atoms with E-state index in [-0.39, 0.29) is 0 Å². The van der Waals surface area contributed by atoms with Gasteiger partial charge in [0.15, 0.2) is 5.82 Å². The molecule has 1 heterocycles. The molecule has 3 rings (SSSR count). The van der Waals surface area contributed by atoms with Crippen LogP contribution >= 0.6 is 0 Å². The van der Waals surface area contributed by atoms with E-state index in [0.717, 1.165) is 41.5 Å². The number of ether oxygens (including phenoxy) is 1. The summed E-state index contributed by atoms with van der Waals surface area (Å²) in [5, 5.41) is 6.78. The number of anilines is 3. The lowest BCUT2D eigenvalue weighted by atomic mass is 10.2. The lowest BCUT2D eigenvalue weighted by Crippen LogP contribution is -2.21. The van der Waals surface area contributed by atoms with Crippen LogP contribution in [0.15, 0.2) is 54.6 Å². The van der Waals surface area contributed by atoms with Gasteiger partial charge in [-0.15, -0.1) is 0 Å². The minimum Gasteiger partial charge on any atom is -0.495 e. The van der Waals surface area contributed by atoms with E-state index in [1.165, 1.54) is 0 Å². The Hall–Kier alpha value is -3.12. The Morgan fingerprint density at radius 1 is 0.964 bits per heavy atom. The van der Waals surface area contributed by atoms with E-state index in [9.17, 15) is 0 Å². The van der Waals surface area contributed by atoms with Crippen LogP contribution in [-0.2, 0) is 0 Å². The maximum Gasteiger partial charge on any atom is 0.163 e. The van der Waals surface area contributed by atoms with Crippen LogP contribution in [0.1, 0.15) is 5.56 Å². The van der Waals surface area contributed by atoms with E-state index in [1.807, 2.05) is 75.6 Å². The van der Waals surface area contributed by atoms with Crippen molar-refractivity contribution < 1.29 is 4.74 Å². The molecule has 1 aromatic heterocycles. The molecule has 0 aliphatic heterocycles. The third-order valence-corrected chi connectivity index (χ3v) is 4.24. The molecule has 0 bridgehead atoms. The lowest BCUT2D eigenvalue weighted by molar-refractivity contribution is 0.416. The number of benzene rings is 2. The van der Waals surface area contributed by atoms with E-state index in [2.05, 4.69) is 15.5 Å². The van der Waals surface area contributed by atoms with Crippen molar-refractivity contribution in [3.63, 3.8) is 0 Å². The number of aromatic nitrogens is 2. The quantitative estimate of drug-likeness (QED) is 0.614. The summed E-state index contributed by atoms with van der Waals surface area (Å²) in [7, 11) is 5.77. The van der Waals surface area contributed by atoms with Crippen LogP contribution in [0.4, 0.5) is 17.3 Å². The molecule has 0 saturated carbocycles. The first-order valence-electron chi connectivity index (χ1n) is 9.30. The van der Waals surface area contributed by atoms with Crippen molar-refractivity contribution in [2.45, 2.75) is 6.92 Å². The van der Waals surface area contributed by atoms with Gasteiger partial charge in [0.2, 0.25) is 0 Å². The van der Waals surface area contributed by atoms with Crippen LogP contribution in [0.25, 0.3) is 11.4 Å². The molecule has 0 unspecified atom stereocenters. The number of likely N-dealkylation sites (N-methyl/N-ethyl adjacent to an activating group) is 1. The van der Waals surface area contributed by atoms with Gasteiger partial charge in [0.05, 0.1) is 12.8 Å². The van der Waals surface area contributed by atoms with Crippen molar-refractivity contribution in [1.29, 1.82) is 0 Å². The van der Waals surface area contributed by atoms with E-state index >= 15 is 0 Å². The maximum absolute atomic E-state index is 5.48. The van der Waals surface area contributed by atoms with Crippen molar-refractivity contribution >= 4 is 17.3 Å². The Balaban J connectivity index is 1.94. The fourth-order valence-corrected chi connectivity index (χ4v) is 2.78. The Bertz CT molecular complexity index is 912. The first-order chi connectivity index (χ1) is 13.5. The topological polar surface area (TPSA) is 62.3 Å². The highest BCUT2D eigenvalue weighted by molar-refractivity contribution is 5.69. The van der Waals surface area contributed by atoms with Crippen LogP contribution in [0.2, 0.25) is 0 Å². The van der Waals surface area contributed by atoms with Crippen LogP contribution in [0, 0.1) is 6.92 Å². The highest BCUT2D eigenvalue weighted by Crippen LogP contribution is 2.29. The summed E-state index contributed by atoms with van der Waals surface area (Å²) in [5.74, 6) is 2.94. The van der Waals surface area contributed by atoms with Gasteiger partial charge < -0.3 is 20.3 Å². The van der Waals surface area contributed by atoms with Gasteiger partial charge in [-0.3, -0.25) is 0 Å². The van der Waals surface area contributed by atoms with Gasteiger partial charge in [-0.2, -0.15) is 0 Å². The van der Waals surface area contributed by atoms with Crippen LogP contribution in [0.3, 0.4) is 0 Å². The molecule has 0 aliphatic carbocycles. The standard InChI is InChI=1S/C22H27N5O/c1-16-10-11-19(28-4)18(14-16)24-21-15-20(23-12-13-27(2)3)25-22(26-21)17-8-6-5-7-9-17/h5-11,14-15H,12-13H2,1-4H3,(H2,23,24,25,26). The van der Waals surface area contributed by atoms with E-state index in [1.54, 1.807) is 7.11 Å². The molecule has 146 valence electrons. The average Bonchev–Trinajstić information content (AvgIpc) is 2.68. The Kier molecular flexibility index (Phi) is 6.45. The molecule has 2 N–H and O–H groups in total. The molecule has 0 saturated heterocycles. The van der Waals surface area contributed by atoms with Gasteiger partial charge in [0.1, 0.15) is 17.4 Å². The van der Waals surface area contributed by atoms with E-state index in [4.69, 9.17) is 14.7 Å². The Labute approximate surface area is 166 Å². The van der Waals surface area contributed by atoms with Crippen molar-refractivity contribution in [2.24, 2.45) is 0 Å². The number of methoxy groups -OCH3 is 1. The number of hydrogen-bond donors (Lipinski definition) is 2. The lowest BCUT2D eigenvalue weighted by Gasteiger charge is -2.15. The summed E-state index contributed by atoms with van der Waals surface area (Å²) in [4.78, 5) is 11.5. The van der Waals surface area contributed by atoms with Crippen LogP contribution < -0.4 is 15.4 Å². The normalized spacial score (nSPS) is 10.8. The third kappa shape index (κ3) is 5.20. The summed E-state index contributed by atoms with van der Waals surface area (Å²) in [6.45, 7) is 3.76. The van der Waals surface area contributed by atoms with Gasteiger partial charge in [-0.05, 0) is 38.7 Å². The molecular formula is C22H27N5O. The summed E-state index contributed by atoms with van der Waals surface area (Å²) in [6, 6.07) is 17.9. The average molecular weight is 377 g/mol. The summed E-state index contributed by atoms with van der Waals surface area (Å²) < 4.78 is 5.48. The molecule has 0 aliphatic rings. The van der Waals surface area contributed by atoms with Gasteiger partial charge in [-0.1, -0.05) is 36.4 Å². The van der Waals surface area contributed by atoms with Crippen LogP contribution in [-0.4, -0.2) is 49.2 Å². The predicted molar refractivity (Wildman–Crippen MR) is 116 cm³/mol. The second-order valence-electron chi connectivity index (χ2n) is 6.89. The molecule has 28 heavy (non-hydrogen) atoms. The van der Waals surface area contributed by atoms with Gasteiger partial charge in [-0.25, -0.2) is 9.97 Å². The second kappa shape index (κ2) is 9.19. The smallest absolute Gasteiger partial charge is 0.163 e. The monoisotopic (exact) mass is 377 g/mol. The molecule has 3 aromatic rings. The minimum atomic E-state index is 0.671. The van der Waals surface area contributed by atoms with E-state index < -0.39 is 0 Å². The molecule has 0 amide bonds. The Morgan fingerprint density at radius 2 is 1.71 bits per heavy atom. The number of nitrogens with one attached hydrogen (secondary N) is 2. The fourth-order valence-electron chi connectivity index (χ4n) is 2.78. The van der Waals surface area contributed by atoms with Crippen molar-refractivity contribution in [3.8, 4) is 17.1 Å². The molecule has 0 radical (unpaired) electrons. The maximum atomic E-state index is 5.48. The summed E-state index contributed by atoms with van der Waals surface area (Å²) in [5.41, 5.74) is 2.99. The fraction of sp³-hybridized carbons (Fsp3) is 0.273. The molecule has 6 heteroatoms. The van der Waals surface area contributed by atoms with Gasteiger partial charge in [0, 0.05) is 24.7 Å². The number of aryl methyl sites for hydroxylation is 1. The zero-order valence-corrected chi connectivity index (χ0v) is 16.9. The van der Waals surface area contributed by atoms with Crippen molar-refractivity contribution in [3.05, 3.63) is 60.2 Å². The molecule has 2 aromatic carbocycles. The minimum absolute atomic E-state index is 0.671. The first-order valence-corrected chi connectivity index (χ1v) is 9.30. The van der Waals surface area contributed by atoms with Crippen LogP contribution in [0.5, 0.6) is 5.75 Å². The largest absolute Gasteiger partial charge is 0.495 e. The van der Waals surface area contributed by atoms with Crippen molar-refractivity contribution in [1.82, 2.24) is 14.9 Å². The second-order valence-corrected chi connectivity index (χ2v) is 6.89. The zero-order chi connectivity index (χ0) is 19.9. The SMILES string of the molecule is COc1ccc(C)cc1Nc1cc(NCCN(C)C)nc(-c2ccccc2)n1. The predicted octanol–water partition coefficient (Wildman–Crippen LogP) is 4.18. The Morgan fingerprint density at radius 3 is 2.43 bits per heavy atom. The molecule has 0 fully saturated rings. The highest BCUT2D eigenvalue weighted by atomic mass is 16.5. The summed E-state index contributed by atoms with van der Waals surface area (Å²) >= 11 is 0. The van der Waals surface area contributed by atoms with Crippen molar-refractivity contribution in [2.75, 3.05) is 44.9 Å². The first kappa shape index (κ1) is 19.6. The van der Waals surface area contributed by atoms with Gasteiger partial charge in [0.25, 0.3) is 0 Å². The van der Waals surface area contributed by atoms with Gasteiger partial charge >= 0.3 is 0 Å². The highest BCUT2D eigenvalue weighted by Gasteiger charge is 2.10. The number of rotatable bonds is 8. The van der Waals surface area contributed by atoms with E-state index in [0.29, 0.717) is 11.6 Å². The third-order valence-electron chi connectivity index (χ3n) is 4.24. The number of hydrogen-bond acceptors (Lipinski definition) is 6. The molecule has 0 atom stereocenters. The zero-order valence-electron chi connectivity index (χ0n) is 16.9. The summed E-state index contributed by atoms with van der Waals surface area (Å²) in [6.07, 6.45) is 0. The molecular weight excluding hydrogens is 350 g/mol. The molecule has 0 spiro atoms. The molecule has 6 nitrogen and oxygen atoms in total.